The minimum Gasteiger partial charge on any atom is -0.392 e. The van der Waals surface area contributed by atoms with Crippen LogP contribution in [0.3, 0.4) is 0 Å². The Labute approximate surface area is 122 Å². The normalized spacial score (nSPS) is 11.0. The quantitative estimate of drug-likeness (QED) is 0.689. The first-order valence-electron chi connectivity index (χ1n) is 6.72. The summed E-state index contributed by atoms with van der Waals surface area (Å²) in [7, 11) is 0. The molecule has 4 nitrogen and oxygen atoms in total. The predicted octanol–water partition coefficient (Wildman–Crippen LogP) is 2.73. The molecular formula is C17H16N2O2. The van der Waals surface area contributed by atoms with Crippen LogP contribution in [-0.4, -0.2) is 16.0 Å². The Balaban J connectivity index is 2.15. The van der Waals surface area contributed by atoms with Crippen LogP contribution in [0, 0.1) is 6.92 Å². The molecule has 0 saturated carbocycles. The second-order valence-corrected chi connectivity index (χ2v) is 5.10. The summed E-state index contributed by atoms with van der Waals surface area (Å²) in [6.07, 6.45) is 0. The van der Waals surface area contributed by atoms with Crippen LogP contribution in [0.2, 0.25) is 0 Å². The fourth-order valence-corrected chi connectivity index (χ4v) is 2.63. The fraction of sp³-hybridized carbons (Fsp3) is 0.118. The third-order valence-corrected chi connectivity index (χ3v) is 3.70. The minimum atomic E-state index is -0.425. The molecule has 0 unspecified atom stereocenters. The Morgan fingerprint density at radius 2 is 1.81 bits per heavy atom. The highest BCUT2D eigenvalue weighted by molar-refractivity contribution is 6.08. The van der Waals surface area contributed by atoms with Crippen molar-refractivity contribution in [1.29, 1.82) is 0 Å². The number of hydrogen-bond acceptors (Lipinski definition) is 2. The molecule has 21 heavy (non-hydrogen) atoms. The van der Waals surface area contributed by atoms with Crippen molar-refractivity contribution in [2.24, 2.45) is 5.73 Å². The predicted molar refractivity (Wildman–Crippen MR) is 82.9 cm³/mol. The lowest BCUT2D eigenvalue weighted by molar-refractivity contribution is 0.100. The molecule has 0 bridgehead atoms. The number of aliphatic hydroxyl groups is 1. The number of hydrogen-bond donors (Lipinski definition) is 3. The number of carbonyl (C=O) groups is 1. The van der Waals surface area contributed by atoms with E-state index in [0.717, 1.165) is 33.3 Å². The molecule has 0 fully saturated rings. The molecule has 4 N–H and O–H groups in total. The number of carbonyl (C=O) groups excluding carboxylic acids is 1. The standard InChI is InChI=1S/C17H16N2O2/c1-10-16(17(18)21)14-8-13(6-7-15(14)19-10)12-4-2-11(9-20)3-5-12/h2-8,19-20H,9H2,1H3,(H2,18,21). The van der Waals surface area contributed by atoms with Crippen LogP contribution < -0.4 is 5.73 Å². The summed E-state index contributed by atoms with van der Waals surface area (Å²) in [6.45, 7) is 1.87. The molecule has 0 radical (unpaired) electrons. The molecule has 2 aromatic carbocycles. The number of aromatic nitrogens is 1. The molecule has 1 amide bonds. The zero-order valence-corrected chi connectivity index (χ0v) is 11.7. The lowest BCUT2D eigenvalue weighted by Crippen LogP contribution is -2.11. The highest BCUT2D eigenvalue weighted by Gasteiger charge is 2.13. The maximum absolute atomic E-state index is 11.6. The van der Waals surface area contributed by atoms with Crippen molar-refractivity contribution >= 4 is 16.8 Å². The second-order valence-electron chi connectivity index (χ2n) is 5.10. The van der Waals surface area contributed by atoms with Gasteiger partial charge in [-0.1, -0.05) is 30.3 Å². The van der Waals surface area contributed by atoms with E-state index in [4.69, 9.17) is 10.8 Å². The van der Waals surface area contributed by atoms with Crippen LogP contribution in [-0.2, 0) is 6.61 Å². The van der Waals surface area contributed by atoms with Crippen LogP contribution in [0.5, 0.6) is 0 Å². The number of primary amides is 1. The van der Waals surface area contributed by atoms with Gasteiger partial charge in [-0.05, 0) is 35.7 Å². The van der Waals surface area contributed by atoms with Crippen molar-refractivity contribution in [2.75, 3.05) is 0 Å². The van der Waals surface area contributed by atoms with E-state index < -0.39 is 5.91 Å². The van der Waals surface area contributed by atoms with Crippen molar-refractivity contribution < 1.29 is 9.90 Å². The first-order valence-corrected chi connectivity index (χ1v) is 6.72. The zero-order chi connectivity index (χ0) is 15.0. The van der Waals surface area contributed by atoms with Crippen LogP contribution in [0.15, 0.2) is 42.5 Å². The molecule has 0 aliphatic carbocycles. The third kappa shape index (κ3) is 2.30. The molecule has 3 aromatic rings. The van der Waals surface area contributed by atoms with Crippen LogP contribution in [0.4, 0.5) is 0 Å². The fourth-order valence-electron chi connectivity index (χ4n) is 2.63. The van der Waals surface area contributed by atoms with Crippen LogP contribution in [0.1, 0.15) is 21.6 Å². The summed E-state index contributed by atoms with van der Waals surface area (Å²) < 4.78 is 0. The summed E-state index contributed by atoms with van der Waals surface area (Å²) in [5.74, 6) is -0.425. The van der Waals surface area contributed by atoms with E-state index in [-0.39, 0.29) is 6.61 Å². The van der Waals surface area contributed by atoms with Crippen molar-refractivity contribution in [3.63, 3.8) is 0 Å². The van der Waals surface area contributed by atoms with Gasteiger partial charge in [-0.3, -0.25) is 4.79 Å². The van der Waals surface area contributed by atoms with Gasteiger partial charge in [0.2, 0.25) is 0 Å². The monoisotopic (exact) mass is 280 g/mol. The Morgan fingerprint density at radius 1 is 1.14 bits per heavy atom. The number of fused-ring (bicyclic) bond motifs is 1. The van der Waals surface area contributed by atoms with Gasteiger partial charge in [-0.15, -0.1) is 0 Å². The minimum absolute atomic E-state index is 0.0299. The molecule has 0 atom stereocenters. The van der Waals surface area contributed by atoms with Crippen molar-refractivity contribution in [3.8, 4) is 11.1 Å². The zero-order valence-electron chi connectivity index (χ0n) is 11.7. The summed E-state index contributed by atoms with van der Waals surface area (Å²) in [4.78, 5) is 14.8. The Morgan fingerprint density at radius 3 is 2.43 bits per heavy atom. The lowest BCUT2D eigenvalue weighted by atomic mass is 10.0. The molecule has 3 rings (SSSR count). The molecule has 1 aromatic heterocycles. The summed E-state index contributed by atoms with van der Waals surface area (Å²) >= 11 is 0. The number of rotatable bonds is 3. The number of aryl methyl sites for hydroxylation is 1. The van der Waals surface area contributed by atoms with Gasteiger partial charge in [-0.25, -0.2) is 0 Å². The van der Waals surface area contributed by atoms with Gasteiger partial charge in [0.25, 0.3) is 5.91 Å². The molecule has 4 heteroatoms. The van der Waals surface area contributed by atoms with E-state index in [1.165, 1.54) is 0 Å². The average Bonchev–Trinajstić information content (AvgIpc) is 2.82. The Bertz CT molecular complexity index is 817. The molecule has 1 heterocycles. The Hall–Kier alpha value is -2.59. The number of nitrogens with two attached hydrogens (primary N) is 1. The number of aromatic amines is 1. The average molecular weight is 280 g/mol. The van der Waals surface area contributed by atoms with Crippen molar-refractivity contribution in [2.45, 2.75) is 13.5 Å². The maximum atomic E-state index is 11.6. The van der Waals surface area contributed by atoms with Crippen LogP contribution >= 0.6 is 0 Å². The highest BCUT2D eigenvalue weighted by atomic mass is 16.3. The van der Waals surface area contributed by atoms with Gasteiger partial charge in [0.1, 0.15) is 0 Å². The van der Waals surface area contributed by atoms with E-state index in [1.807, 2.05) is 49.4 Å². The third-order valence-electron chi connectivity index (χ3n) is 3.70. The van der Waals surface area contributed by atoms with Gasteiger partial charge in [-0.2, -0.15) is 0 Å². The number of benzene rings is 2. The van der Waals surface area contributed by atoms with E-state index in [1.54, 1.807) is 0 Å². The summed E-state index contributed by atoms with van der Waals surface area (Å²) in [6, 6.07) is 13.6. The SMILES string of the molecule is Cc1[nH]c2ccc(-c3ccc(CO)cc3)cc2c1C(N)=O. The van der Waals surface area contributed by atoms with E-state index in [2.05, 4.69) is 4.98 Å². The number of amides is 1. The topological polar surface area (TPSA) is 79.1 Å². The first kappa shape index (κ1) is 13.4. The molecule has 0 spiro atoms. The second kappa shape index (κ2) is 5.07. The highest BCUT2D eigenvalue weighted by Crippen LogP contribution is 2.28. The molecule has 0 saturated heterocycles. The molecule has 0 aliphatic rings. The molecular weight excluding hydrogens is 264 g/mol. The first-order chi connectivity index (χ1) is 10.1. The van der Waals surface area contributed by atoms with Gasteiger partial charge in [0.15, 0.2) is 0 Å². The smallest absolute Gasteiger partial charge is 0.251 e. The lowest BCUT2D eigenvalue weighted by Gasteiger charge is -2.04. The molecule has 106 valence electrons. The van der Waals surface area contributed by atoms with Gasteiger partial charge >= 0.3 is 0 Å². The largest absolute Gasteiger partial charge is 0.392 e. The van der Waals surface area contributed by atoms with Crippen molar-refractivity contribution in [1.82, 2.24) is 4.98 Å². The van der Waals surface area contributed by atoms with Gasteiger partial charge in [0, 0.05) is 16.6 Å². The van der Waals surface area contributed by atoms with E-state index >= 15 is 0 Å². The van der Waals surface area contributed by atoms with Gasteiger partial charge in [0.05, 0.1) is 12.2 Å². The Kier molecular flexibility index (Phi) is 3.23. The van der Waals surface area contributed by atoms with Gasteiger partial charge < -0.3 is 15.8 Å². The van der Waals surface area contributed by atoms with E-state index in [0.29, 0.717) is 5.56 Å². The number of aliphatic hydroxyl groups excluding tert-OH is 1. The van der Waals surface area contributed by atoms with E-state index in [9.17, 15) is 4.79 Å². The number of nitrogens with one attached hydrogen (secondary N) is 1. The number of H-pyrrole nitrogens is 1. The summed E-state index contributed by atoms with van der Waals surface area (Å²) in [5.41, 5.74) is 10.6. The van der Waals surface area contributed by atoms with Crippen molar-refractivity contribution in [3.05, 3.63) is 59.3 Å². The molecule has 0 aliphatic heterocycles. The van der Waals surface area contributed by atoms with Crippen LogP contribution in [0.25, 0.3) is 22.0 Å². The summed E-state index contributed by atoms with van der Waals surface area (Å²) in [5, 5.41) is 9.92. The maximum Gasteiger partial charge on any atom is 0.251 e.